The average Bonchev–Trinajstić information content (AvgIpc) is 3.27. The quantitative estimate of drug-likeness (QED) is 0.387. The lowest BCUT2D eigenvalue weighted by atomic mass is 9.91. The van der Waals surface area contributed by atoms with Crippen molar-refractivity contribution < 1.29 is 8.78 Å². The Labute approximate surface area is 175 Å². The second-order valence-corrected chi connectivity index (χ2v) is 6.91. The van der Waals surface area contributed by atoms with Crippen molar-refractivity contribution in [3.63, 3.8) is 0 Å². The van der Waals surface area contributed by atoms with Crippen LogP contribution in [0.5, 0.6) is 0 Å². The van der Waals surface area contributed by atoms with Crippen molar-refractivity contribution in [3.8, 4) is 11.1 Å². The molecule has 0 radical (unpaired) electrons. The Kier molecular flexibility index (Phi) is 4.59. The molecule has 5 rings (SSSR count). The van der Waals surface area contributed by atoms with Gasteiger partial charge in [0.25, 0.3) is 0 Å². The van der Waals surface area contributed by atoms with Crippen molar-refractivity contribution >= 4 is 27.9 Å². The van der Waals surface area contributed by atoms with Crippen LogP contribution in [0.25, 0.3) is 33.2 Å². The molecule has 5 aromatic rings. The lowest BCUT2D eigenvalue weighted by Crippen LogP contribution is -2.12. The first-order valence-electron chi connectivity index (χ1n) is 9.52. The zero-order chi connectivity index (χ0) is 21.4. The average molecular weight is 414 g/mol. The van der Waals surface area contributed by atoms with Gasteiger partial charge >= 0.3 is 0 Å². The minimum absolute atomic E-state index is 0.353. The molecule has 1 atom stereocenters. The van der Waals surface area contributed by atoms with Gasteiger partial charge in [0, 0.05) is 17.1 Å². The van der Waals surface area contributed by atoms with Gasteiger partial charge < -0.3 is 10.3 Å². The molecular weight excluding hydrogens is 398 g/mol. The van der Waals surface area contributed by atoms with Gasteiger partial charge in [0.2, 0.25) is 0 Å². The van der Waals surface area contributed by atoms with E-state index < -0.39 is 17.7 Å². The fourth-order valence-electron chi connectivity index (χ4n) is 3.70. The molecule has 0 unspecified atom stereocenters. The molecule has 0 bridgehead atoms. The second kappa shape index (κ2) is 7.56. The number of aromatic amines is 1. The number of benzene rings is 2. The van der Waals surface area contributed by atoms with Gasteiger partial charge in [-0.3, -0.25) is 4.98 Å². The third-order valence-electron chi connectivity index (χ3n) is 5.07. The number of nitrogens with one attached hydrogen (secondary N) is 2. The van der Waals surface area contributed by atoms with Gasteiger partial charge in [0.05, 0.1) is 17.9 Å². The number of anilines is 1. The van der Waals surface area contributed by atoms with Gasteiger partial charge in [-0.05, 0) is 41.5 Å². The fourth-order valence-corrected chi connectivity index (χ4v) is 3.70. The largest absolute Gasteiger partial charge is 0.358 e. The van der Waals surface area contributed by atoms with Gasteiger partial charge in [0.1, 0.15) is 23.5 Å². The monoisotopic (exact) mass is 414 g/mol. The van der Waals surface area contributed by atoms with Gasteiger partial charge in [-0.1, -0.05) is 18.2 Å². The number of fused-ring (bicyclic) bond motifs is 2. The Morgan fingerprint density at radius 2 is 1.94 bits per heavy atom. The smallest absolute Gasteiger partial charge is 0.182 e. The summed E-state index contributed by atoms with van der Waals surface area (Å²) in [6.45, 7) is 3.91. The Morgan fingerprint density at radius 1 is 1.03 bits per heavy atom. The van der Waals surface area contributed by atoms with E-state index in [1.807, 2.05) is 0 Å². The minimum Gasteiger partial charge on any atom is -0.358 e. The van der Waals surface area contributed by atoms with Crippen molar-refractivity contribution in [2.75, 3.05) is 5.32 Å². The number of H-pyrrole nitrogens is 1. The molecule has 0 fully saturated rings. The van der Waals surface area contributed by atoms with Crippen LogP contribution in [0.4, 0.5) is 14.6 Å². The zero-order valence-electron chi connectivity index (χ0n) is 16.2. The maximum atomic E-state index is 15.0. The summed E-state index contributed by atoms with van der Waals surface area (Å²) in [7, 11) is 0. The summed E-state index contributed by atoms with van der Waals surface area (Å²) in [5.74, 6) is -0.338. The van der Waals surface area contributed by atoms with Crippen LogP contribution < -0.4 is 5.32 Å². The number of pyridine rings is 1. The first kappa shape index (κ1) is 18.8. The summed E-state index contributed by atoms with van der Waals surface area (Å²) in [4.78, 5) is 19.9. The number of hydrogen-bond donors (Lipinski definition) is 2. The van der Waals surface area contributed by atoms with Crippen LogP contribution in [0.1, 0.15) is 11.6 Å². The van der Waals surface area contributed by atoms with Gasteiger partial charge in [-0.15, -0.1) is 6.58 Å². The van der Waals surface area contributed by atoms with E-state index in [-0.39, 0.29) is 0 Å². The second-order valence-electron chi connectivity index (χ2n) is 6.91. The molecule has 2 N–H and O–H groups in total. The standard InChI is InChI=1S/C23H16F2N6/c1-2-18(31-23-21-22(28-11-27-21)29-12-30-23)16-10-17(25)15-7-4-8-26-20(15)19(16)13-5-3-6-14(24)9-13/h2-12,18H,1H2,(H2,27,28,29,30,31)/t18-/m0/s1. The van der Waals surface area contributed by atoms with Crippen LogP contribution in [-0.4, -0.2) is 24.9 Å². The van der Waals surface area contributed by atoms with E-state index in [1.165, 1.54) is 30.9 Å². The highest BCUT2D eigenvalue weighted by molar-refractivity contribution is 5.96. The first-order valence-corrected chi connectivity index (χ1v) is 9.52. The molecule has 0 amide bonds. The van der Waals surface area contributed by atoms with Crippen LogP contribution in [0.2, 0.25) is 0 Å². The highest BCUT2D eigenvalue weighted by Crippen LogP contribution is 2.37. The van der Waals surface area contributed by atoms with E-state index in [9.17, 15) is 4.39 Å². The van der Waals surface area contributed by atoms with Gasteiger partial charge in [-0.2, -0.15) is 0 Å². The molecule has 2 aromatic carbocycles. The molecule has 0 spiro atoms. The summed E-state index contributed by atoms with van der Waals surface area (Å²) < 4.78 is 29.1. The third kappa shape index (κ3) is 3.28. The minimum atomic E-state index is -0.555. The van der Waals surface area contributed by atoms with Crippen LogP contribution in [0.15, 0.2) is 74.0 Å². The SMILES string of the molecule is C=C[C@H](Nc1ncnc2nc[nH]c12)c1cc(F)c2cccnc2c1-c1cccc(F)c1. The van der Waals surface area contributed by atoms with Crippen LogP contribution >= 0.6 is 0 Å². The Bertz CT molecular complexity index is 1430. The lowest BCUT2D eigenvalue weighted by Gasteiger charge is -2.21. The number of hydrogen-bond acceptors (Lipinski definition) is 5. The molecule has 0 aliphatic heterocycles. The molecule has 3 heterocycles. The maximum Gasteiger partial charge on any atom is 0.182 e. The number of halogens is 2. The van der Waals surface area contributed by atoms with Crippen molar-refractivity contribution in [1.29, 1.82) is 0 Å². The predicted molar refractivity (Wildman–Crippen MR) is 115 cm³/mol. The van der Waals surface area contributed by atoms with E-state index in [4.69, 9.17) is 0 Å². The molecular formula is C23H16F2N6. The molecule has 0 aliphatic carbocycles. The molecule has 0 saturated carbocycles. The van der Waals surface area contributed by atoms with Crippen LogP contribution in [0, 0.1) is 11.6 Å². The van der Waals surface area contributed by atoms with E-state index in [0.717, 1.165) is 0 Å². The van der Waals surface area contributed by atoms with E-state index in [1.54, 1.807) is 36.5 Å². The summed E-state index contributed by atoms with van der Waals surface area (Å²) >= 11 is 0. The molecule has 0 aliphatic rings. The molecule has 8 heteroatoms. The lowest BCUT2D eigenvalue weighted by molar-refractivity contribution is 0.628. The van der Waals surface area contributed by atoms with Crippen LogP contribution in [0.3, 0.4) is 0 Å². The van der Waals surface area contributed by atoms with E-state index in [2.05, 4.69) is 36.8 Å². The number of nitrogens with zero attached hydrogens (tertiary/aromatic N) is 4. The summed E-state index contributed by atoms with van der Waals surface area (Å²) in [6.07, 6.45) is 6.13. The Balaban J connectivity index is 1.73. The van der Waals surface area contributed by atoms with E-state index >= 15 is 4.39 Å². The highest BCUT2D eigenvalue weighted by Gasteiger charge is 2.21. The van der Waals surface area contributed by atoms with Crippen molar-refractivity contribution in [2.24, 2.45) is 0 Å². The molecule has 152 valence electrons. The third-order valence-corrected chi connectivity index (χ3v) is 5.07. The molecule has 3 aromatic heterocycles. The maximum absolute atomic E-state index is 15.0. The summed E-state index contributed by atoms with van der Waals surface area (Å²) in [5, 5.41) is 3.62. The first-order chi connectivity index (χ1) is 15.2. The molecule has 31 heavy (non-hydrogen) atoms. The predicted octanol–water partition coefficient (Wildman–Crippen LogP) is 5.19. The normalized spacial score (nSPS) is 12.2. The molecule has 6 nitrogen and oxygen atoms in total. The number of imidazole rings is 1. The Morgan fingerprint density at radius 3 is 2.77 bits per heavy atom. The van der Waals surface area contributed by atoms with Gasteiger partial charge in [0.15, 0.2) is 11.5 Å². The highest BCUT2D eigenvalue weighted by atomic mass is 19.1. The topological polar surface area (TPSA) is 79.4 Å². The number of aromatic nitrogens is 5. The summed E-state index contributed by atoms with van der Waals surface area (Å²) in [5.41, 5.74) is 3.30. The van der Waals surface area contributed by atoms with Crippen molar-refractivity contribution in [3.05, 3.63) is 91.2 Å². The summed E-state index contributed by atoms with van der Waals surface area (Å²) in [6, 6.07) is 10.3. The van der Waals surface area contributed by atoms with Crippen molar-refractivity contribution in [1.82, 2.24) is 24.9 Å². The van der Waals surface area contributed by atoms with Crippen LogP contribution in [-0.2, 0) is 0 Å². The number of rotatable bonds is 5. The zero-order valence-corrected chi connectivity index (χ0v) is 16.2. The Hall–Kier alpha value is -4.20. The van der Waals surface area contributed by atoms with Gasteiger partial charge in [-0.25, -0.2) is 23.7 Å². The fraction of sp³-hybridized carbons (Fsp3) is 0.0435. The van der Waals surface area contributed by atoms with Crippen molar-refractivity contribution in [2.45, 2.75) is 6.04 Å². The van der Waals surface area contributed by atoms with E-state index in [0.29, 0.717) is 44.6 Å². The molecule has 0 saturated heterocycles.